The predicted molar refractivity (Wildman–Crippen MR) is 62.5 cm³/mol. The van der Waals surface area contributed by atoms with Crippen molar-refractivity contribution in [2.75, 3.05) is 20.8 Å². The average molecular weight is 262 g/mol. The van der Waals surface area contributed by atoms with Gasteiger partial charge in [-0.25, -0.2) is 4.39 Å². The highest BCUT2D eigenvalue weighted by atomic mass is 35.5. The maximum atomic E-state index is 13.8. The number of carbonyl (C=O) groups is 1. The first kappa shape index (κ1) is 13.7. The first-order valence-electron chi connectivity index (χ1n) is 4.90. The van der Waals surface area contributed by atoms with Crippen LogP contribution in [0.4, 0.5) is 4.39 Å². The molecule has 0 fully saturated rings. The minimum atomic E-state index is -0.817. The molecule has 0 aliphatic rings. The number of rotatable bonds is 5. The van der Waals surface area contributed by atoms with Gasteiger partial charge in [0.15, 0.2) is 23.1 Å². The summed E-state index contributed by atoms with van der Waals surface area (Å²) < 4.78 is 23.8. The fraction of sp³-hybridized carbons (Fsp3) is 0.364. The van der Waals surface area contributed by atoms with Crippen LogP contribution < -0.4 is 15.2 Å². The molecule has 0 aliphatic heterocycles. The van der Waals surface area contributed by atoms with Crippen molar-refractivity contribution in [3.05, 3.63) is 22.5 Å². The molecule has 0 heterocycles. The number of benzene rings is 1. The number of halogens is 2. The Balaban J connectivity index is 3.43. The number of hydrogen-bond donors (Lipinski definition) is 1. The van der Waals surface area contributed by atoms with E-state index in [0.717, 1.165) is 0 Å². The fourth-order valence-electron chi connectivity index (χ4n) is 1.45. The predicted octanol–water partition coefficient (Wildman–Crippen LogP) is 2.03. The summed E-state index contributed by atoms with van der Waals surface area (Å²) >= 11 is 5.68. The number of ether oxygens (including phenoxy) is 2. The lowest BCUT2D eigenvalue weighted by Crippen LogP contribution is -2.12. The van der Waals surface area contributed by atoms with Crippen LogP contribution in [0.25, 0.3) is 0 Å². The van der Waals surface area contributed by atoms with Crippen LogP contribution in [0.15, 0.2) is 6.07 Å². The standard InChI is InChI=1S/C11H13ClFNO3/c1-16-8-5-6(12)10(13)9(11(8)17-2)7(15)3-4-14/h5H,3-4,14H2,1-2H3. The summed E-state index contributed by atoms with van der Waals surface area (Å²) in [4.78, 5) is 11.8. The Bertz CT molecular complexity index is 437. The lowest BCUT2D eigenvalue weighted by atomic mass is 10.1. The zero-order valence-corrected chi connectivity index (χ0v) is 10.3. The van der Waals surface area contributed by atoms with Gasteiger partial charge in [0.05, 0.1) is 19.2 Å². The lowest BCUT2D eigenvalue weighted by Gasteiger charge is -2.13. The van der Waals surface area contributed by atoms with Gasteiger partial charge in [0, 0.05) is 12.5 Å². The van der Waals surface area contributed by atoms with Crippen molar-refractivity contribution in [1.29, 1.82) is 0 Å². The molecule has 0 aromatic heterocycles. The third-order valence-electron chi connectivity index (χ3n) is 2.21. The molecule has 6 heteroatoms. The summed E-state index contributed by atoms with van der Waals surface area (Å²) in [7, 11) is 2.70. The summed E-state index contributed by atoms with van der Waals surface area (Å²) in [5.74, 6) is -1.04. The number of ketones is 1. The van der Waals surface area contributed by atoms with E-state index in [1.165, 1.54) is 20.3 Å². The SMILES string of the molecule is COc1cc(Cl)c(F)c(C(=O)CCN)c1OC. The van der Waals surface area contributed by atoms with Crippen molar-refractivity contribution < 1.29 is 18.7 Å². The molecule has 2 N–H and O–H groups in total. The molecule has 94 valence electrons. The molecule has 0 amide bonds. The van der Waals surface area contributed by atoms with Crippen molar-refractivity contribution >= 4 is 17.4 Å². The van der Waals surface area contributed by atoms with Gasteiger partial charge in [-0.2, -0.15) is 0 Å². The van der Waals surface area contributed by atoms with Gasteiger partial charge < -0.3 is 15.2 Å². The molecule has 0 unspecified atom stereocenters. The molecule has 1 aromatic rings. The first-order valence-corrected chi connectivity index (χ1v) is 5.27. The molecule has 0 aliphatic carbocycles. The molecule has 0 radical (unpaired) electrons. The Morgan fingerprint density at radius 2 is 2.12 bits per heavy atom. The maximum Gasteiger partial charge on any atom is 0.174 e. The molecule has 0 spiro atoms. The van der Waals surface area contributed by atoms with E-state index in [1.807, 2.05) is 0 Å². The van der Waals surface area contributed by atoms with Crippen LogP contribution >= 0.6 is 11.6 Å². The van der Waals surface area contributed by atoms with Crippen LogP contribution in [0.3, 0.4) is 0 Å². The summed E-state index contributed by atoms with van der Waals surface area (Å²) in [5.41, 5.74) is 5.05. The molecular formula is C11H13ClFNO3. The minimum absolute atomic E-state index is 0.0107. The third kappa shape index (κ3) is 2.68. The highest BCUT2D eigenvalue weighted by molar-refractivity contribution is 6.31. The zero-order valence-electron chi connectivity index (χ0n) is 9.55. The molecule has 0 saturated carbocycles. The maximum absolute atomic E-state index is 13.8. The quantitative estimate of drug-likeness (QED) is 0.824. The van der Waals surface area contributed by atoms with Crippen molar-refractivity contribution in [2.24, 2.45) is 5.73 Å². The summed E-state index contributed by atoms with van der Waals surface area (Å²) in [5, 5.41) is -0.192. The normalized spacial score (nSPS) is 10.2. The van der Waals surface area contributed by atoms with Gasteiger partial charge in [0.25, 0.3) is 0 Å². The first-order chi connectivity index (χ1) is 8.06. The third-order valence-corrected chi connectivity index (χ3v) is 2.49. The summed E-state index contributed by atoms with van der Waals surface area (Å²) in [6.07, 6.45) is 0.0107. The molecule has 4 nitrogen and oxygen atoms in total. The van der Waals surface area contributed by atoms with E-state index in [1.54, 1.807) is 0 Å². The Morgan fingerprint density at radius 3 is 2.59 bits per heavy atom. The molecule has 17 heavy (non-hydrogen) atoms. The number of nitrogens with two attached hydrogens (primary N) is 1. The van der Waals surface area contributed by atoms with E-state index in [9.17, 15) is 9.18 Å². The zero-order chi connectivity index (χ0) is 13.0. The Labute approximate surface area is 103 Å². The minimum Gasteiger partial charge on any atom is -0.493 e. The number of hydrogen-bond acceptors (Lipinski definition) is 4. The average Bonchev–Trinajstić information content (AvgIpc) is 2.31. The smallest absolute Gasteiger partial charge is 0.174 e. The van der Waals surface area contributed by atoms with Crippen LogP contribution in [0.1, 0.15) is 16.8 Å². The van der Waals surface area contributed by atoms with Gasteiger partial charge in [-0.1, -0.05) is 11.6 Å². The number of carbonyl (C=O) groups excluding carboxylic acids is 1. The van der Waals surface area contributed by atoms with Crippen LogP contribution in [-0.4, -0.2) is 26.5 Å². The summed E-state index contributed by atoms with van der Waals surface area (Å²) in [6.45, 7) is 0.121. The highest BCUT2D eigenvalue weighted by Gasteiger charge is 2.24. The van der Waals surface area contributed by atoms with Gasteiger partial charge in [-0.15, -0.1) is 0 Å². The van der Waals surface area contributed by atoms with Crippen LogP contribution in [0.2, 0.25) is 5.02 Å². The van der Waals surface area contributed by atoms with E-state index in [2.05, 4.69) is 0 Å². The second kappa shape index (κ2) is 5.84. The van der Waals surface area contributed by atoms with Gasteiger partial charge >= 0.3 is 0 Å². The van der Waals surface area contributed by atoms with E-state index in [4.69, 9.17) is 26.8 Å². The summed E-state index contributed by atoms with van der Waals surface area (Å²) in [6, 6.07) is 1.26. The van der Waals surface area contributed by atoms with Gasteiger partial charge in [0.1, 0.15) is 5.56 Å². The molecule has 1 aromatic carbocycles. The molecular weight excluding hydrogens is 249 g/mol. The van der Waals surface area contributed by atoms with Gasteiger partial charge in [-0.3, -0.25) is 4.79 Å². The monoisotopic (exact) mass is 261 g/mol. The Morgan fingerprint density at radius 1 is 1.47 bits per heavy atom. The van der Waals surface area contributed by atoms with E-state index >= 15 is 0 Å². The van der Waals surface area contributed by atoms with Gasteiger partial charge in [-0.05, 0) is 6.54 Å². The molecule has 0 bridgehead atoms. The lowest BCUT2D eigenvalue weighted by molar-refractivity contribution is 0.0977. The van der Waals surface area contributed by atoms with Crippen molar-refractivity contribution in [2.45, 2.75) is 6.42 Å². The second-order valence-corrected chi connectivity index (χ2v) is 3.65. The van der Waals surface area contributed by atoms with Crippen LogP contribution in [0, 0.1) is 5.82 Å². The highest BCUT2D eigenvalue weighted by Crippen LogP contribution is 2.37. The van der Waals surface area contributed by atoms with E-state index < -0.39 is 11.6 Å². The topological polar surface area (TPSA) is 61.5 Å². The van der Waals surface area contributed by atoms with Crippen molar-refractivity contribution in [1.82, 2.24) is 0 Å². The van der Waals surface area contributed by atoms with E-state index in [0.29, 0.717) is 0 Å². The fourth-order valence-corrected chi connectivity index (χ4v) is 1.64. The number of methoxy groups -OCH3 is 2. The van der Waals surface area contributed by atoms with E-state index in [-0.39, 0.29) is 35.1 Å². The van der Waals surface area contributed by atoms with Crippen molar-refractivity contribution in [3.8, 4) is 11.5 Å². The van der Waals surface area contributed by atoms with Crippen LogP contribution in [-0.2, 0) is 0 Å². The molecule has 0 saturated heterocycles. The molecule has 0 atom stereocenters. The largest absolute Gasteiger partial charge is 0.493 e. The van der Waals surface area contributed by atoms with Gasteiger partial charge in [0.2, 0.25) is 0 Å². The molecule has 1 rings (SSSR count). The van der Waals surface area contributed by atoms with Crippen molar-refractivity contribution in [3.63, 3.8) is 0 Å². The Kier molecular flexibility index (Phi) is 4.72. The Hall–Kier alpha value is -1.33. The second-order valence-electron chi connectivity index (χ2n) is 3.24. The van der Waals surface area contributed by atoms with Crippen LogP contribution in [0.5, 0.6) is 11.5 Å². The number of Topliss-reactive ketones (excluding diaryl/α,β-unsaturated/α-hetero) is 1.